The molecular weight excluding hydrogens is 282 g/mol. The van der Waals surface area contributed by atoms with Gasteiger partial charge in [-0.1, -0.05) is 6.92 Å². The van der Waals surface area contributed by atoms with Crippen LogP contribution in [0, 0.1) is 11.8 Å². The normalized spacial score (nSPS) is 21.5. The molecule has 1 rings (SSSR count). The molecule has 0 spiro atoms. The summed E-state index contributed by atoms with van der Waals surface area (Å²) >= 11 is 0. The minimum atomic E-state index is -0.00374. The monoisotopic (exact) mass is 313 g/mol. The fourth-order valence-electron chi connectivity index (χ4n) is 2.77. The number of Topliss-reactive ketones (excluding diaryl/α,β-unsaturated/α-hetero) is 1. The lowest BCUT2D eigenvalue weighted by molar-refractivity contribution is -0.121. The van der Waals surface area contributed by atoms with Gasteiger partial charge in [-0.25, -0.2) is 0 Å². The quantitative estimate of drug-likeness (QED) is 0.573. The Hall–Kier alpha value is -0.940. The summed E-state index contributed by atoms with van der Waals surface area (Å²) < 4.78 is 5.66. The van der Waals surface area contributed by atoms with Crippen LogP contribution in [0.1, 0.15) is 58.3 Å². The van der Waals surface area contributed by atoms with E-state index in [1.807, 2.05) is 6.92 Å². The second-order valence-electron chi connectivity index (χ2n) is 6.24. The standard InChI is InChI=1S/C17H31NO4/c1-2-16(20)9-10-18-17(21)4-3-11-22-13-15-7-5-14(12-19)6-8-15/h14-15,19H,2-13H2,1H3,(H,18,21). The van der Waals surface area contributed by atoms with E-state index in [4.69, 9.17) is 9.84 Å². The van der Waals surface area contributed by atoms with E-state index in [1.165, 1.54) is 0 Å². The third kappa shape index (κ3) is 8.49. The SMILES string of the molecule is CCC(=O)CCNC(=O)CCCOCC1CCC(CO)CC1. The van der Waals surface area contributed by atoms with E-state index < -0.39 is 0 Å². The van der Waals surface area contributed by atoms with Gasteiger partial charge in [0.2, 0.25) is 5.91 Å². The third-order valence-corrected chi connectivity index (χ3v) is 4.39. The van der Waals surface area contributed by atoms with E-state index in [0.717, 1.165) is 38.7 Å². The molecule has 22 heavy (non-hydrogen) atoms. The molecular formula is C17H31NO4. The molecule has 0 aromatic rings. The van der Waals surface area contributed by atoms with Crippen LogP contribution >= 0.6 is 0 Å². The van der Waals surface area contributed by atoms with Gasteiger partial charge in [-0.05, 0) is 43.9 Å². The van der Waals surface area contributed by atoms with Crippen molar-refractivity contribution in [2.24, 2.45) is 11.8 Å². The maximum absolute atomic E-state index is 11.5. The lowest BCUT2D eigenvalue weighted by atomic mass is 9.83. The average Bonchev–Trinajstić information content (AvgIpc) is 2.55. The highest BCUT2D eigenvalue weighted by Gasteiger charge is 2.20. The van der Waals surface area contributed by atoms with Gasteiger partial charge in [0, 0.05) is 45.6 Å². The summed E-state index contributed by atoms with van der Waals surface area (Å²) in [6.45, 7) is 3.97. The van der Waals surface area contributed by atoms with Gasteiger partial charge in [0.15, 0.2) is 0 Å². The molecule has 1 aliphatic rings. The van der Waals surface area contributed by atoms with Crippen molar-refractivity contribution < 1.29 is 19.4 Å². The van der Waals surface area contributed by atoms with E-state index in [9.17, 15) is 9.59 Å². The maximum atomic E-state index is 11.5. The van der Waals surface area contributed by atoms with Crippen LogP contribution in [0.4, 0.5) is 0 Å². The summed E-state index contributed by atoms with van der Waals surface area (Å²) in [6, 6.07) is 0. The average molecular weight is 313 g/mol. The molecule has 5 heteroatoms. The number of carbonyl (C=O) groups is 2. The Bertz CT molecular complexity index is 325. The Morgan fingerprint density at radius 1 is 1.14 bits per heavy atom. The molecule has 0 radical (unpaired) electrons. The highest BCUT2D eigenvalue weighted by molar-refractivity contribution is 5.80. The smallest absolute Gasteiger partial charge is 0.220 e. The maximum Gasteiger partial charge on any atom is 0.220 e. The first kappa shape index (κ1) is 19.1. The van der Waals surface area contributed by atoms with Crippen molar-refractivity contribution in [3.05, 3.63) is 0 Å². The first-order valence-electron chi connectivity index (χ1n) is 8.62. The van der Waals surface area contributed by atoms with Crippen molar-refractivity contribution in [2.45, 2.75) is 58.3 Å². The van der Waals surface area contributed by atoms with Gasteiger partial charge in [0.25, 0.3) is 0 Å². The predicted molar refractivity (Wildman–Crippen MR) is 85.5 cm³/mol. The number of amides is 1. The first-order valence-corrected chi connectivity index (χ1v) is 8.62. The van der Waals surface area contributed by atoms with Gasteiger partial charge in [-0.2, -0.15) is 0 Å². The largest absolute Gasteiger partial charge is 0.396 e. The van der Waals surface area contributed by atoms with Crippen LogP contribution in [0.3, 0.4) is 0 Å². The summed E-state index contributed by atoms with van der Waals surface area (Å²) in [5.74, 6) is 1.27. The lowest BCUT2D eigenvalue weighted by Crippen LogP contribution is -2.26. The molecule has 1 aliphatic carbocycles. The molecule has 5 nitrogen and oxygen atoms in total. The summed E-state index contributed by atoms with van der Waals surface area (Å²) in [6.07, 6.45) is 6.61. The topological polar surface area (TPSA) is 75.6 Å². The number of aliphatic hydroxyl groups excluding tert-OH is 1. The van der Waals surface area contributed by atoms with Gasteiger partial charge in [0.1, 0.15) is 5.78 Å². The van der Waals surface area contributed by atoms with Crippen molar-refractivity contribution in [3.63, 3.8) is 0 Å². The summed E-state index contributed by atoms with van der Waals surface area (Å²) in [4.78, 5) is 22.6. The number of hydrogen-bond donors (Lipinski definition) is 2. The fraction of sp³-hybridized carbons (Fsp3) is 0.882. The minimum Gasteiger partial charge on any atom is -0.396 e. The van der Waals surface area contributed by atoms with Gasteiger partial charge in [0.05, 0.1) is 0 Å². The molecule has 0 atom stereocenters. The zero-order valence-corrected chi connectivity index (χ0v) is 13.8. The number of nitrogens with one attached hydrogen (secondary N) is 1. The van der Waals surface area contributed by atoms with Crippen molar-refractivity contribution >= 4 is 11.7 Å². The van der Waals surface area contributed by atoms with E-state index in [2.05, 4.69) is 5.32 Å². The Kier molecular flexibility index (Phi) is 10.1. The Balaban J connectivity index is 1.92. The van der Waals surface area contributed by atoms with Crippen LogP contribution in [0.2, 0.25) is 0 Å². The molecule has 2 N–H and O–H groups in total. The molecule has 0 bridgehead atoms. The number of rotatable bonds is 11. The third-order valence-electron chi connectivity index (χ3n) is 4.39. The number of hydrogen-bond acceptors (Lipinski definition) is 4. The second-order valence-corrected chi connectivity index (χ2v) is 6.24. The number of carbonyl (C=O) groups excluding carboxylic acids is 2. The fourth-order valence-corrected chi connectivity index (χ4v) is 2.77. The van der Waals surface area contributed by atoms with Gasteiger partial charge in [-0.15, -0.1) is 0 Å². The highest BCUT2D eigenvalue weighted by Crippen LogP contribution is 2.28. The summed E-state index contributed by atoms with van der Waals surface area (Å²) in [7, 11) is 0. The van der Waals surface area contributed by atoms with Crippen LogP contribution in [-0.4, -0.2) is 43.2 Å². The molecule has 1 amide bonds. The molecule has 0 aromatic carbocycles. The van der Waals surface area contributed by atoms with E-state index in [1.54, 1.807) is 0 Å². The van der Waals surface area contributed by atoms with Crippen molar-refractivity contribution in [2.75, 3.05) is 26.4 Å². The van der Waals surface area contributed by atoms with Crippen LogP contribution in [0.5, 0.6) is 0 Å². The molecule has 0 aliphatic heterocycles. The highest BCUT2D eigenvalue weighted by atomic mass is 16.5. The van der Waals surface area contributed by atoms with Crippen molar-refractivity contribution in [1.29, 1.82) is 0 Å². The van der Waals surface area contributed by atoms with Crippen LogP contribution in [0.15, 0.2) is 0 Å². The molecule has 0 unspecified atom stereocenters. The number of ether oxygens (including phenoxy) is 1. The van der Waals surface area contributed by atoms with Gasteiger partial charge < -0.3 is 15.2 Å². The molecule has 0 saturated heterocycles. The zero-order valence-electron chi connectivity index (χ0n) is 13.8. The number of ketones is 1. The summed E-state index contributed by atoms with van der Waals surface area (Å²) in [5, 5.41) is 11.9. The Morgan fingerprint density at radius 3 is 2.45 bits per heavy atom. The second kappa shape index (κ2) is 11.6. The Morgan fingerprint density at radius 2 is 1.82 bits per heavy atom. The van der Waals surface area contributed by atoms with E-state index >= 15 is 0 Å². The van der Waals surface area contributed by atoms with Gasteiger partial charge >= 0.3 is 0 Å². The van der Waals surface area contributed by atoms with Crippen molar-refractivity contribution in [1.82, 2.24) is 5.32 Å². The molecule has 0 aromatic heterocycles. The molecule has 1 saturated carbocycles. The van der Waals surface area contributed by atoms with Crippen LogP contribution < -0.4 is 5.32 Å². The predicted octanol–water partition coefficient (Wildman–Crippen LogP) is 2.07. The zero-order chi connectivity index (χ0) is 16.2. The summed E-state index contributed by atoms with van der Waals surface area (Å²) in [5.41, 5.74) is 0. The first-order chi connectivity index (χ1) is 10.7. The van der Waals surface area contributed by atoms with E-state index in [0.29, 0.717) is 50.9 Å². The molecule has 128 valence electrons. The van der Waals surface area contributed by atoms with Crippen LogP contribution in [-0.2, 0) is 14.3 Å². The lowest BCUT2D eigenvalue weighted by Gasteiger charge is -2.27. The van der Waals surface area contributed by atoms with Gasteiger partial charge in [-0.3, -0.25) is 9.59 Å². The van der Waals surface area contributed by atoms with Crippen molar-refractivity contribution in [3.8, 4) is 0 Å². The minimum absolute atomic E-state index is 0.00374. The molecule has 1 fully saturated rings. The Labute approximate surface area is 133 Å². The number of aliphatic hydroxyl groups is 1. The van der Waals surface area contributed by atoms with E-state index in [-0.39, 0.29) is 11.7 Å². The van der Waals surface area contributed by atoms with Crippen LogP contribution in [0.25, 0.3) is 0 Å². The molecule has 0 heterocycles.